The van der Waals surface area contributed by atoms with Crippen LogP contribution in [0.25, 0.3) is 10.2 Å². The first kappa shape index (κ1) is 19.5. The van der Waals surface area contributed by atoms with Crippen molar-refractivity contribution in [3.63, 3.8) is 0 Å². The number of aryl methyl sites for hydroxylation is 2. The maximum atomic E-state index is 13.0. The molecule has 0 saturated carbocycles. The van der Waals surface area contributed by atoms with Crippen molar-refractivity contribution in [3.8, 4) is 0 Å². The van der Waals surface area contributed by atoms with Crippen molar-refractivity contribution in [3.05, 3.63) is 75.3 Å². The third-order valence-corrected chi connectivity index (χ3v) is 6.22. The molecule has 1 amide bonds. The van der Waals surface area contributed by atoms with Gasteiger partial charge in [0.2, 0.25) is 5.91 Å². The Morgan fingerprint density at radius 3 is 2.76 bits per heavy atom. The third-order valence-electron chi connectivity index (χ3n) is 4.30. The van der Waals surface area contributed by atoms with Crippen LogP contribution in [0.3, 0.4) is 0 Å². The molecular weight excluding hydrogens is 406 g/mol. The van der Waals surface area contributed by atoms with Gasteiger partial charge in [0.05, 0.1) is 23.9 Å². The van der Waals surface area contributed by atoms with Gasteiger partial charge in [-0.3, -0.25) is 14.2 Å². The fraction of sp³-hybridized carbons (Fsp3) is 0.190. The number of hydrogen-bond donors (Lipinski definition) is 1. The molecule has 0 aliphatic carbocycles. The van der Waals surface area contributed by atoms with E-state index < -0.39 is 0 Å². The highest BCUT2D eigenvalue weighted by Crippen LogP contribution is 2.25. The second-order valence-corrected chi connectivity index (χ2v) is 8.82. The quantitative estimate of drug-likeness (QED) is 0.365. The molecule has 8 heteroatoms. The Morgan fingerprint density at radius 1 is 1.24 bits per heavy atom. The van der Waals surface area contributed by atoms with Crippen LogP contribution in [-0.4, -0.2) is 21.2 Å². The highest BCUT2D eigenvalue weighted by molar-refractivity contribution is 7.99. The highest BCUT2D eigenvalue weighted by atomic mass is 32.2. The van der Waals surface area contributed by atoms with E-state index in [-0.39, 0.29) is 23.8 Å². The van der Waals surface area contributed by atoms with Crippen molar-refractivity contribution in [1.29, 1.82) is 0 Å². The lowest BCUT2D eigenvalue weighted by Crippen LogP contribution is -2.24. The Bertz CT molecular complexity index is 1210. The number of thiophene rings is 1. The van der Waals surface area contributed by atoms with Gasteiger partial charge in [-0.15, -0.1) is 11.3 Å². The number of carbonyl (C=O) groups is 1. The summed E-state index contributed by atoms with van der Waals surface area (Å²) in [6.07, 6.45) is 1.57. The van der Waals surface area contributed by atoms with Gasteiger partial charge in [0, 0.05) is 10.6 Å². The largest absolute Gasteiger partial charge is 0.467 e. The molecule has 29 heavy (non-hydrogen) atoms. The van der Waals surface area contributed by atoms with Gasteiger partial charge in [0.25, 0.3) is 5.56 Å². The maximum absolute atomic E-state index is 13.0. The Hall–Kier alpha value is -2.84. The summed E-state index contributed by atoms with van der Waals surface area (Å²) in [4.78, 5) is 31.8. The molecule has 6 nitrogen and oxygen atoms in total. The van der Waals surface area contributed by atoms with Crippen LogP contribution in [0.15, 0.2) is 63.1 Å². The molecule has 4 aromatic rings. The molecule has 0 saturated heterocycles. The van der Waals surface area contributed by atoms with Gasteiger partial charge >= 0.3 is 0 Å². The third kappa shape index (κ3) is 4.44. The summed E-state index contributed by atoms with van der Waals surface area (Å²) in [5, 5.41) is 3.96. The molecule has 0 radical (unpaired) electrons. The van der Waals surface area contributed by atoms with E-state index in [9.17, 15) is 9.59 Å². The number of nitrogens with one attached hydrogen (secondary N) is 1. The topological polar surface area (TPSA) is 77.1 Å². The maximum Gasteiger partial charge on any atom is 0.263 e. The first-order valence-corrected chi connectivity index (χ1v) is 10.8. The van der Waals surface area contributed by atoms with Crippen LogP contribution in [0, 0.1) is 13.8 Å². The summed E-state index contributed by atoms with van der Waals surface area (Å²) < 4.78 is 6.97. The fourth-order valence-electron chi connectivity index (χ4n) is 2.89. The lowest BCUT2D eigenvalue weighted by molar-refractivity contribution is -0.113. The van der Waals surface area contributed by atoms with Crippen LogP contribution in [0.1, 0.15) is 16.2 Å². The number of benzene rings is 1. The van der Waals surface area contributed by atoms with Crippen molar-refractivity contribution < 1.29 is 9.21 Å². The average molecular weight is 426 g/mol. The second kappa shape index (κ2) is 8.26. The summed E-state index contributed by atoms with van der Waals surface area (Å²) in [5.41, 5.74) is 1.74. The molecular formula is C21H19N3O3S2. The van der Waals surface area contributed by atoms with E-state index in [1.807, 2.05) is 50.2 Å². The molecule has 3 aromatic heterocycles. The normalized spacial score (nSPS) is 11.1. The smallest absolute Gasteiger partial charge is 0.263 e. The number of furan rings is 1. The van der Waals surface area contributed by atoms with Gasteiger partial charge in [-0.25, -0.2) is 4.98 Å². The minimum Gasteiger partial charge on any atom is -0.467 e. The summed E-state index contributed by atoms with van der Waals surface area (Å²) in [7, 11) is 0. The summed E-state index contributed by atoms with van der Waals surface area (Å²) in [6.45, 7) is 4.21. The predicted octanol–water partition coefficient (Wildman–Crippen LogP) is 4.45. The lowest BCUT2D eigenvalue weighted by atomic mass is 10.2. The highest BCUT2D eigenvalue weighted by Gasteiger charge is 2.16. The molecule has 1 N–H and O–H groups in total. The number of rotatable bonds is 6. The van der Waals surface area contributed by atoms with Crippen molar-refractivity contribution in [1.82, 2.24) is 9.55 Å². The number of anilines is 1. The number of aromatic nitrogens is 2. The molecule has 0 bridgehead atoms. The van der Waals surface area contributed by atoms with Crippen molar-refractivity contribution in [2.24, 2.45) is 0 Å². The zero-order chi connectivity index (χ0) is 20.4. The van der Waals surface area contributed by atoms with Crippen molar-refractivity contribution in [2.75, 3.05) is 11.1 Å². The molecule has 0 aliphatic rings. The zero-order valence-corrected chi connectivity index (χ0v) is 17.6. The number of thioether (sulfide) groups is 1. The fourth-order valence-corrected chi connectivity index (χ4v) is 4.61. The number of nitrogens with zero attached hydrogens (tertiary/aromatic N) is 2. The molecule has 0 fully saturated rings. The molecule has 0 atom stereocenters. The van der Waals surface area contributed by atoms with Crippen LogP contribution in [0.2, 0.25) is 0 Å². The molecule has 3 heterocycles. The number of hydrogen-bond acceptors (Lipinski definition) is 6. The van der Waals surface area contributed by atoms with Crippen LogP contribution in [-0.2, 0) is 11.3 Å². The zero-order valence-electron chi connectivity index (χ0n) is 16.0. The van der Waals surface area contributed by atoms with Gasteiger partial charge in [-0.2, -0.15) is 0 Å². The van der Waals surface area contributed by atoms with Crippen LogP contribution < -0.4 is 10.9 Å². The van der Waals surface area contributed by atoms with Gasteiger partial charge in [-0.05, 0) is 44.2 Å². The number of fused-ring (bicyclic) bond motifs is 1. The number of amides is 1. The van der Waals surface area contributed by atoms with Crippen LogP contribution >= 0.6 is 23.1 Å². The van der Waals surface area contributed by atoms with Gasteiger partial charge in [0.1, 0.15) is 10.6 Å². The Kier molecular flexibility index (Phi) is 5.55. The Balaban J connectivity index is 1.58. The van der Waals surface area contributed by atoms with E-state index in [0.29, 0.717) is 21.1 Å². The average Bonchev–Trinajstić information content (AvgIpc) is 3.33. The Labute approximate surface area is 175 Å². The summed E-state index contributed by atoms with van der Waals surface area (Å²) >= 11 is 2.72. The number of carbonyl (C=O) groups excluding carboxylic acids is 1. The standard InChI is InChI=1S/C21H19N3O3S2/c1-13-5-7-15(8-6-13)22-18(25)12-28-21-23-19-17(10-14(2)29-19)20(26)24(21)11-16-4-3-9-27-16/h3-10H,11-12H2,1-2H3,(H,22,25). The van der Waals surface area contributed by atoms with E-state index in [4.69, 9.17) is 4.42 Å². The monoisotopic (exact) mass is 425 g/mol. The second-order valence-electron chi connectivity index (χ2n) is 6.64. The molecule has 148 valence electrons. The first-order valence-electron chi connectivity index (χ1n) is 9.02. The van der Waals surface area contributed by atoms with Gasteiger partial charge in [-0.1, -0.05) is 29.5 Å². The predicted molar refractivity (Wildman–Crippen MR) is 117 cm³/mol. The minimum absolute atomic E-state index is 0.128. The van der Waals surface area contributed by atoms with E-state index in [2.05, 4.69) is 10.3 Å². The molecule has 1 aromatic carbocycles. The van der Waals surface area contributed by atoms with Crippen LogP contribution in [0.4, 0.5) is 5.69 Å². The van der Waals surface area contributed by atoms with E-state index in [0.717, 1.165) is 16.1 Å². The molecule has 0 aliphatic heterocycles. The summed E-state index contributed by atoms with van der Waals surface area (Å²) in [5.74, 6) is 0.653. The van der Waals surface area contributed by atoms with Gasteiger partial charge in [0.15, 0.2) is 5.16 Å². The minimum atomic E-state index is -0.153. The molecule has 0 spiro atoms. The first-order chi connectivity index (χ1) is 14.0. The van der Waals surface area contributed by atoms with Gasteiger partial charge < -0.3 is 9.73 Å². The molecule has 4 rings (SSSR count). The Morgan fingerprint density at radius 2 is 2.03 bits per heavy atom. The van der Waals surface area contributed by atoms with E-state index in [1.54, 1.807) is 16.9 Å². The van der Waals surface area contributed by atoms with E-state index >= 15 is 0 Å². The van der Waals surface area contributed by atoms with Crippen molar-refractivity contribution in [2.45, 2.75) is 25.5 Å². The summed E-state index contributed by atoms with van der Waals surface area (Å²) in [6, 6.07) is 13.1. The SMILES string of the molecule is Cc1ccc(NC(=O)CSc2nc3sc(C)cc3c(=O)n2Cc2ccco2)cc1. The van der Waals surface area contributed by atoms with Crippen LogP contribution in [0.5, 0.6) is 0 Å². The van der Waals surface area contributed by atoms with E-state index in [1.165, 1.54) is 23.1 Å². The lowest BCUT2D eigenvalue weighted by Gasteiger charge is -2.11. The van der Waals surface area contributed by atoms with Crippen molar-refractivity contribution >= 4 is 44.9 Å². The molecule has 0 unspecified atom stereocenters.